The van der Waals surface area contributed by atoms with Gasteiger partial charge in [0.25, 0.3) is 11.8 Å². The molecule has 0 bridgehead atoms. The minimum absolute atomic E-state index is 0.272. The first-order valence-electron chi connectivity index (χ1n) is 5.19. The number of benzene rings is 1. The van der Waals surface area contributed by atoms with Gasteiger partial charge in [0.05, 0.1) is 0 Å². The van der Waals surface area contributed by atoms with E-state index in [2.05, 4.69) is 5.32 Å². The van der Waals surface area contributed by atoms with Crippen molar-refractivity contribution in [2.75, 3.05) is 0 Å². The number of amides is 2. The molecule has 82 valence electrons. The molecule has 3 heteroatoms. The molecule has 2 rings (SSSR count). The predicted octanol–water partition coefficient (Wildman–Crippen LogP) is 1.43. The van der Waals surface area contributed by atoms with Crippen LogP contribution in [-0.4, -0.2) is 11.8 Å². The first kappa shape index (κ1) is 10.6. The van der Waals surface area contributed by atoms with Crippen LogP contribution >= 0.6 is 0 Å². The Labute approximate surface area is 94.2 Å². The number of carbonyl (C=O) groups excluding carboxylic acids is 2. The number of aryl methyl sites for hydroxylation is 1. The lowest BCUT2D eigenvalue weighted by Crippen LogP contribution is -2.22. The Balaban J connectivity index is 2.28. The minimum Gasteiger partial charge on any atom is -0.289 e. The molecule has 1 N–H and O–H groups in total. The number of imide groups is 1. The second-order valence-corrected chi connectivity index (χ2v) is 4.02. The summed E-state index contributed by atoms with van der Waals surface area (Å²) in [4.78, 5) is 22.4. The van der Waals surface area contributed by atoms with Gasteiger partial charge in [-0.2, -0.15) is 0 Å². The molecule has 1 aliphatic heterocycles. The maximum Gasteiger partial charge on any atom is 0.254 e. The highest BCUT2D eigenvalue weighted by Crippen LogP contribution is 2.18. The van der Waals surface area contributed by atoms with E-state index >= 15 is 0 Å². The maximum absolute atomic E-state index is 11.4. The van der Waals surface area contributed by atoms with Crippen LogP contribution < -0.4 is 5.32 Å². The van der Waals surface area contributed by atoms with Crippen molar-refractivity contribution in [3.63, 3.8) is 0 Å². The van der Waals surface area contributed by atoms with Crippen LogP contribution in [0, 0.1) is 13.8 Å². The summed E-state index contributed by atoms with van der Waals surface area (Å²) in [5, 5.41) is 2.25. The molecule has 1 aromatic carbocycles. The van der Waals surface area contributed by atoms with Gasteiger partial charge in [-0.05, 0) is 30.5 Å². The van der Waals surface area contributed by atoms with E-state index in [9.17, 15) is 9.59 Å². The third kappa shape index (κ3) is 1.89. The van der Waals surface area contributed by atoms with E-state index in [4.69, 9.17) is 0 Å². The normalized spacial score (nSPS) is 15.0. The molecule has 0 fully saturated rings. The van der Waals surface area contributed by atoms with Gasteiger partial charge in [-0.25, -0.2) is 0 Å². The van der Waals surface area contributed by atoms with E-state index in [0.29, 0.717) is 12.0 Å². The molecule has 1 heterocycles. The predicted molar refractivity (Wildman–Crippen MR) is 60.9 cm³/mol. The summed E-state index contributed by atoms with van der Waals surface area (Å²) in [5.74, 6) is -0.587. The zero-order valence-electron chi connectivity index (χ0n) is 9.33. The Kier molecular flexibility index (Phi) is 2.60. The lowest BCUT2D eigenvalue weighted by atomic mass is 9.97. The summed E-state index contributed by atoms with van der Waals surface area (Å²) in [7, 11) is 0. The lowest BCUT2D eigenvalue weighted by Gasteiger charge is -2.07. The van der Waals surface area contributed by atoms with Crippen LogP contribution in [0.25, 0.3) is 0 Å². The van der Waals surface area contributed by atoms with Gasteiger partial charge >= 0.3 is 0 Å². The minimum atomic E-state index is -0.315. The summed E-state index contributed by atoms with van der Waals surface area (Å²) < 4.78 is 0. The molecule has 0 atom stereocenters. The number of rotatable bonds is 2. The largest absolute Gasteiger partial charge is 0.289 e. The van der Waals surface area contributed by atoms with Gasteiger partial charge in [-0.3, -0.25) is 14.9 Å². The van der Waals surface area contributed by atoms with E-state index < -0.39 is 0 Å². The first-order valence-corrected chi connectivity index (χ1v) is 5.19. The molecule has 0 aliphatic carbocycles. The second kappa shape index (κ2) is 3.93. The van der Waals surface area contributed by atoms with E-state index in [0.717, 1.165) is 5.56 Å². The Morgan fingerprint density at radius 2 is 1.94 bits per heavy atom. The topological polar surface area (TPSA) is 46.2 Å². The van der Waals surface area contributed by atoms with Crippen molar-refractivity contribution in [3.05, 3.63) is 46.5 Å². The van der Waals surface area contributed by atoms with Gasteiger partial charge in [0.15, 0.2) is 0 Å². The van der Waals surface area contributed by atoms with Crippen molar-refractivity contribution in [3.8, 4) is 0 Å². The van der Waals surface area contributed by atoms with E-state index in [1.807, 2.05) is 32.0 Å². The van der Waals surface area contributed by atoms with Crippen LogP contribution in [0.2, 0.25) is 0 Å². The molecule has 0 radical (unpaired) electrons. The van der Waals surface area contributed by atoms with Crippen molar-refractivity contribution in [2.45, 2.75) is 20.3 Å². The number of hydrogen-bond acceptors (Lipinski definition) is 2. The zero-order chi connectivity index (χ0) is 11.7. The molecular weight excluding hydrogens is 202 g/mol. The molecule has 1 aliphatic rings. The highest BCUT2D eigenvalue weighted by molar-refractivity contribution is 6.16. The molecular formula is C13H13NO2. The van der Waals surface area contributed by atoms with E-state index in [1.165, 1.54) is 17.2 Å². The number of carbonyl (C=O) groups is 2. The smallest absolute Gasteiger partial charge is 0.254 e. The fourth-order valence-electron chi connectivity index (χ4n) is 1.79. The van der Waals surface area contributed by atoms with Crippen LogP contribution in [0.5, 0.6) is 0 Å². The highest BCUT2D eigenvalue weighted by Gasteiger charge is 2.21. The van der Waals surface area contributed by atoms with Gasteiger partial charge in [0.2, 0.25) is 0 Å². The number of nitrogens with one attached hydrogen (secondary N) is 1. The third-order valence-corrected chi connectivity index (χ3v) is 2.93. The Hall–Kier alpha value is -1.90. The molecule has 0 saturated carbocycles. The molecule has 3 nitrogen and oxygen atoms in total. The summed E-state index contributed by atoms with van der Waals surface area (Å²) >= 11 is 0. The van der Waals surface area contributed by atoms with Crippen LogP contribution in [0.3, 0.4) is 0 Å². The highest BCUT2D eigenvalue weighted by atomic mass is 16.2. The molecule has 0 unspecified atom stereocenters. The molecule has 1 aromatic rings. The zero-order valence-corrected chi connectivity index (χ0v) is 9.33. The summed E-state index contributed by atoms with van der Waals surface area (Å²) in [6.07, 6.45) is 1.90. The van der Waals surface area contributed by atoms with Gasteiger partial charge in [0, 0.05) is 18.1 Å². The SMILES string of the molecule is Cc1cccc(CC2=CC(=O)NC2=O)c1C. The Morgan fingerprint density at radius 3 is 2.56 bits per heavy atom. The second-order valence-electron chi connectivity index (χ2n) is 4.02. The lowest BCUT2D eigenvalue weighted by molar-refractivity contribution is -0.123. The van der Waals surface area contributed by atoms with Crippen molar-refractivity contribution >= 4 is 11.8 Å². The van der Waals surface area contributed by atoms with Crippen LogP contribution in [-0.2, 0) is 16.0 Å². The van der Waals surface area contributed by atoms with Gasteiger partial charge < -0.3 is 0 Å². The molecule has 16 heavy (non-hydrogen) atoms. The maximum atomic E-state index is 11.4. The van der Waals surface area contributed by atoms with Crippen LogP contribution in [0.4, 0.5) is 0 Å². The molecule has 0 spiro atoms. The monoisotopic (exact) mass is 215 g/mol. The molecule has 0 saturated heterocycles. The van der Waals surface area contributed by atoms with Crippen molar-refractivity contribution in [2.24, 2.45) is 0 Å². The van der Waals surface area contributed by atoms with Crippen LogP contribution in [0.1, 0.15) is 16.7 Å². The van der Waals surface area contributed by atoms with Gasteiger partial charge in [-0.1, -0.05) is 18.2 Å². The quantitative estimate of drug-likeness (QED) is 0.758. The van der Waals surface area contributed by atoms with Crippen LogP contribution in [0.15, 0.2) is 29.8 Å². The van der Waals surface area contributed by atoms with Crippen molar-refractivity contribution in [1.82, 2.24) is 5.32 Å². The third-order valence-electron chi connectivity index (χ3n) is 2.93. The first-order chi connectivity index (χ1) is 7.58. The fourth-order valence-corrected chi connectivity index (χ4v) is 1.79. The summed E-state index contributed by atoms with van der Waals surface area (Å²) in [6, 6.07) is 5.99. The molecule has 2 amide bonds. The van der Waals surface area contributed by atoms with E-state index in [1.54, 1.807) is 0 Å². The standard InChI is InChI=1S/C13H13NO2/c1-8-4-3-5-10(9(8)2)6-11-7-12(15)14-13(11)16/h3-5,7H,6H2,1-2H3,(H,14,15,16). The summed E-state index contributed by atoms with van der Waals surface area (Å²) in [6.45, 7) is 4.06. The van der Waals surface area contributed by atoms with Crippen molar-refractivity contribution in [1.29, 1.82) is 0 Å². The van der Waals surface area contributed by atoms with Gasteiger partial charge in [-0.15, -0.1) is 0 Å². The van der Waals surface area contributed by atoms with Crippen molar-refractivity contribution < 1.29 is 9.59 Å². The Morgan fingerprint density at radius 1 is 1.19 bits per heavy atom. The average Bonchev–Trinajstić information content (AvgIpc) is 2.53. The Bertz CT molecular complexity index is 501. The van der Waals surface area contributed by atoms with Gasteiger partial charge in [0.1, 0.15) is 0 Å². The average molecular weight is 215 g/mol. The van der Waals surface area contributed by atoms with E-state index in [-0.39, 0.29) is 11.8 Å². The fraction of sp³-hybridized carbons (Fsp3) is 0.231. The number of hydrogen-bond donors (Lipinski definition) is 1. The summed E-state index contributed by atoms with van der Waals surface area (Å²) in [5.41, 5.74) is 4.01. The molecule has 0 aromatic heterocycles.